The number of benzene rings is 8. The zero-order chi connectivity index (χ0) is 36.8. The van der Waals surface area contributed by atoms with E-state index in [1.54, 1.807) is 0 Å². The first kappa shape index (κ1) is 31.1. The Morgan fingerprint density at radius 2 is 0.839 bits per heavy atom. The third-order valence-electron chi connectivity index (χ3n) is 12.3. The van der Waals surface area contributed by atoms with Gasteiger partial charge in [0.25, 0.3) is 0 Å². The van der Waals surface area contributed by atoms with E-state index in [0.717, 1.165) is 33.5 Å². The van der Waals surface area contributed by atoms with Crippen molar-refractivity contribution >= 4 is 16.3 Å². The molecule has 2 aliphatic rings. The molecule has 56 heavy (non-hydrogen) atoms. The van der Waals surface area contributed by atoms with Crippen LogP contribution in [0.4, 0.5) is 0 Å². The van der Waals surface area contributed by atoms with E-state index >= 15 is 0 Å². The second-order valence-corrected chi connectivity index (χ2v) is 15.0. The first-order chi connectivity index (χ1) is 27.8. The minimum absolute atomic E-state index is 0.384. The van der Waals surface area contributed by atoms with Crippen molar-refractivity contribution in [3.63, 3.8) is 0 Å². The molecule has 0 aliphatic heterocycles. The van der Waals surface area contributed by atoms with Crippen LogP contribution in [0.15, 0.2) is 206 Å². The molecule has 0 atom stereocenters. The largest absolute Gasteiger partial charge is 0.231 e. The van der Waals surface area contributed by atoms with Crippen LogP contribution >= 0.6 is 0 Å². The Morgan fingerprint density at radius 1 is 0.339 bits per heavy atom. The van der Waals surface area contributed by atoms with Crippen molar-refractivity contribution in [1.82, 2.24) is 9.61 Å². The molecule has 2 aliphatic carbocycles. The van der Waals surface area contributed by atoms with Gasteiger partial charge in [0.2, 0.25) is 0 Å². The second kappa shape index (κ2) is 11.9. The summed E-state index contributed by atoms with van der Waals surface area (Å²) in [6, 6.07) is 73.5. The molecule has 0 saturated carbocycles. The maximum absolute atomic E-state index is 5.15. The number of aromatic nitrogens is 2. The first-order valence-corrected chi connectivity index (χ1v) is 19.4. The summed E-state index contributed by atoms with van der Waals surface area (Å²) in [5.41, 5.74) is 20.7. The Kier molecular flexibility index (Phi) is 6.58. The maximum Gasteiger partial charge on any atom is 0.0826 e. The summed E-state index contributed by atoms with van der Waals surface area (Å²) in [5.74, 6) is 0. The molecule has 10 aromatic rings. The van der Waals surface area contributed by atoms with Crippen LogP contribution in [0, 0.1) is 0 Å². The molecule has 2 aromatic heterocycles. The van der Waals surface area contributed by atoms with Crippen molar-refractivity contribution in [1.29, 1.82) is 0 Å². The van der Waals surface area contributed by atoms with E-state index in [0.29, 0.717) is 0 Å². The van der Waals surface area contributed by atoms with E-state index in [1.165, 1.54) is 72.0 Å². The van der Waals surface area contributed by atoms with E-state index in [2.05, 4.69) is 205 Å². The molecule has 260 valence electrons. The van der Waals surface area contributed by atoms with Crippen molar-refractivity contribution in [2.75, 3.05) is 0 Å². The number of hydrogen-bond donors (Lipinski definition) is 0. The average molecular weight is 711 g/mol. The van der Waals surface area contributed by atoms with Crippen LogP contribution in [0.2, 0.25) is 0 Å². The summed E-state index contributed by atoms with van der Waals surface area (Å²) < 4.78 is 2.18. The SMILES string of the molecule is c1ccc(-c2cnn3c(-c4ccccc4)c(-c4cccc(-c5cccc6c5-c5ccccc5C65c6ccccc6-c6ccccc65)c4)c4ccccc4c23)cc1. The van der Waals surface area contributed by atoms with Crippen LogP contribution in [0.1, 0.15) is 22.3 Å². The Bertz CT molecular complexity index is 3140. The van der Waals surface area contributed by atoms with Crippen LogP contribution in [0.3, 0.4) is 0 Å². The van der Waals surface area contributed by atoms with E-state index in [9.17, 15) is 0 Å². The highest BCUT2D eigenvalue weighted by Gasteiger charge is 2.51. The first-order valence-electron chi connectivity index (χ1n) is 19.4. The van der Waals surface area contributed by atoms with E-state index < -0.39 is 0 Å². The van der Waals surface area contributed by atoms with E-state index in [-0.39, 0.29) is 5.41 Å². The molecule has 8 aromatic carbocycles. The van der Waals surface area contributed by atoms with Gasteiger partial charge in [-0.05, 0) is 78.2 Å². The molecule has 0 radical (unpaired) electrons. The molecule has 0 amide bonds. The van der Waals surface area contributed by atoms with Crippen molar-refractivity contribution in [2.45, 2.75) is 5.41 Å². The maximum atomic E-state index is 5.15. The number of hydrogen-bond acceptors (Lipinski definition) is 1. The Morgan fingerprint density at radius 3 is 1.55 bits per heavy atom. The van der Waals surface area contributed by atoms with Crippen LogP contribution in [-0.4, -0.2) is 9.61 Å². The predicted molar refractivity (Wildman–Crippen MR) is 231 cm³/mol. The average Bonchev–Trinajstić information content (AvgIpc) is 3.94. The lowest BCUT2D eigenvalue weighted by molar-refractivity contribution is 0.794. The van der Waals surface area contributed by atoms with Gasteiger partial charge in [0.1, 0.15) is 0 Å². The summed E-state index contributed by atoms with van der Waals surface area (Å²) >= 11 is 0. The summed E-state index contributed by atoms with van der Waals surface area (Å²) in [5, 5.41) is 7.54. The van der Waals surface area contributed by atoms with Crippen LogP contribution in [-0.2, 0) is 5.41 Å². The van der Waals surface area contributed by atoms with Gasteiger partial charge in [-0.3, -0.25) is 0 Å². The van der Waals surface area contributed by atoms with Gasteiger partial charge in [0.15, 0.2) is 0 Å². The van der Waals surface area contributed by atoms with Crippen molar-refractivity contribution < 1.29 is 0 Å². The number of nitrogens with zero attached hydrogens (tertiary/aromatic N) is 2. The fraction of sp³-hybridized carbons (Fsp3) is 0.0185. The lowest BCUT2D eigenvalue weighted by atomic mass is 9.70. The molecule has 1 spiro atoms. The zero-order valence-electron chi connectivity index (χ0n) is 30.5. The lowest BCUT2D eigenvalue weighted by Gasteiger charge is -2.30. The quantitative estimate of drug-likeness (QED) is 0.178. The molecule has 0 unspecified atom stereocenters. The van der Waals surface area contributed by atoms with Gasteiger partial charge in [-0.2, -0.15) is 5.10 Å². The fourth-order valence-electron chi connectivity index (χ4n) is 10.1. The fourth-order valence-corrected chi connectivity index (χ4v) is 10.1. The van der Waals surface area contributed by atoms with Gasteiger partial charge in [0.05, 0.1) is 22.8 Å². The molecular formula is C54H34N2. The Balaban J connectivity index is 1.13. The third-order valence-corrected chi connectivity index (χ3v) is 12.3. The van der Waals surface area contributed by atoms with Crippen LogP contribution < -0.4 is 0 Å². The molecule has 0 fully saturated rings. The topological polar surface area (TPSA) is 17.3 Å². The van der Waals surface area contributed by atoms with E-state index in [4.69, 9.17) is 5.10 Å². The number of rotatable bonds is 4. The highest BCUT2D eigenvalue weighted by molar-refractivity contribution is 6.13. The summed E-state index contributed by atoms with van der Waals surface area (Å²) in [6.07, 6.45) is 2.03. The molecule has 0 bridgehead atoms. The van der Waals surface area contributed by atoms with Gasteiger partial charge < -0.3 is 0 Å². The number of pyridine rings is 1. The highest BCUT2D eigenvalue weighted by Crippen LogP contribution is 2.64. The molecule has 2 nitrogen and oxygen atoms in total. The van der Waals surface area contributed by atoms with Gasteiger partial charge in [0, 0.05) is 22.1 Å². The lowest BCUT2D eigenvalue weighted by Crippen LogP contribution is -2.25. The summed E-state index contributed by atoms with van der Waals surface area (Å²) in [4.78, 5) is 0. The van der Waals surface area contributed by atoms with Crippen molar-refractivity contribution in [3.8, 4) is 66.9 Å². The van der Waals surface area contributed by atoms with Crippen molar-refractivity contribution in [3.05, 3.63) is 229 Å². The highest BCUT2D eigenvalue weighted by atomic mass is 15.2. The molecule has 2 heterocycles. The third kappa shape index (κ3) is 4.13. The van der Waals surface area contributed by atoms with Crippen LogP contribution in [0.5, 0.6) is 0 Å². The molecule has 0 N–H and O–H groups in total. The van der Waals surface area contributed by atoms with Gasteiger partial charge >= 0.3 is 0 Å². The van der Waals surface area contributed by atoms with Gasteiger partial charge in [-0.1, -0.05) is 194 Å². The Hall–Kier alpha value is -7.29. The molecule has 0 saturated heterocycles. The van der Waals surface area contributed by atoms with Crippen molar-refractivity contribution in [2.24, 2.45) is 0 Å². The monoisotopic (exact) mass is 710 g/mol. The Labute approximate surface area is 325 Å². The van der Waals surface area contributed by atoms with Gasteiger partial charge in [-0.25, -0.2) is 4.52 Å². The minimum Gasteiger partial charge on any atom is -0.231 e. The second-order valence-electron chi connectivity index (χ2n) is 15.0. The summed E-state index contributed by atoms with van der Waals surface area (Å²) in [7, 11) is 0. The number of fused-ring (bicyclic) bond motifs is 13. The predicted octanol–water partition coefficient (Wildman–Crippen LogP) is 13.5. The molecular weight excluding hydrogens is 677 g/mol. The minimum atomic E-state index is -0.384. The smallest absolute Gasteiger partial charge is 0.0826 e. The zero-order valence-corrected chi connectivity index (χ0v) is 30.5. The normalized spacial score (nSPS) is 13.1. The van der Waals surface area contributed by atoms with Crippen LogP contribution in [0.25, 0.3) is 83.2 Å². The molecule has 12 rings (SSSR count). The van der Waals surface area contributed by atoms with E-state index in [1.807, 2.05) is 6.20 Å². The summed E-state index contributed by atoms with van der Waals surface area (Å²) in [6.45, 7) is 0. The standard InChI is InChI=1S/C54H34N2/c1-3-17-35(18-4-1)45-34-55-56-52(36-19-5-2-6-20-36)50(42-25-7-8-26-43(42)53(45)56)38-22-15-21-37(33-38)39-28-16-32-49-51(39)44-27-11-14-31-48(44)54(49)46-29-12-9-23-40(46)41-24-10-13-30-47(41)54/h1-34H. The molecule has 2 heteroatoms. The van der Waals surface area contributed by atoms with Gasteiger partial charge in [-0.15, -0.1) is 0 Å².